The standard InChI is InChI=1S/C13H18N6O3/c1-9(18-8-10(19(20)21)13(16-18)22-2)12-15-14-11-6-4-3-5-7-17(11)12/h8-9H,3-7H2,1-2H3/t9-/m0/s1. The van der Waals surface area contributed by atoms with Crippen molar-refractivity contribution in [3.63, 3.8) is 0 Å². The third-order valence-electron chi connectivity index (χ3n) is 3.98. The van der Waals surface area contributed by atoms with Crippen molar-refractivity contribution < 1.29 is 9.66 Å². The van der Waals surface area contributed by atoms with Gasteiger partial charge in [0.15, 0.2) is 5.82 Å². The molecule has 2 aromatic rings. The van der Waals surface area contributed by atoms with Crippen molar-refractivity contribution >= 4 is 5.69 Å². The van der Waals surface area contributed by atoms with E-state index in [0.29, 0.717) is 0 Å². The van der Waals surface area contributed by atoms with Crippen LogP contribution in [0, 0.1) is 10.1 Å². The number of aryl methyl sites for hydroxylation is 1. The summed E-state index contributed by atoms with van der Waals surface area (Å²) in [4.78, 5) is 10.5. The molecule has 1 aliphatic rings. The Hall–Kier alpha value is -2.45. The zero-order valence-corrected chi connectivity index (χ0v) is 12.6. The summed E-state index contributed by atoms with van der Waals surface area (Å²) in [5.41, 5.74) is -0.148. The molecule has 0 N–H and O–H groups in total. The summed E-state index contributed by atoms with van der Waals surface area (Å²) in [7, 11) is 1.37. The predicted octanol–water partition coefficient (Wildman–Crippen LogP) is 1.73. The number of hydrogen-bond donors (Lipinski definition) is 0. The fourth-order valence-electron chi connectivity index (χ4n) is 2.77. The van der Waals surface area contributed by atoms with Gasteiger partial charge in [-0.15, -0.1) is 15.3 Å². The van der Waals surface area contributed by atoms with Gasteiger partial charge in [-0.2, -0.15) is 0 Å². The smallest absolute Gasteiger partial charge is 0.350 e. The van der Waals surface area contributed by atoms with E-state index in [4.69, 9.17) is 4.74 Å². The van der Waals surface area contributed by atoms with E-state index in [2.05, 4.69) is 19.9 Å². The Labute approximate surface area is 127 Å². The second kappa shape index (κ2) is 5.74. The number of ether oxygens (including phenoxy) is 1. The summed E-state index contributed by atoms with van der Waals surface area (Å²) < 4.78 is 8.59. The molecule has 3 heterocycles. The lowest BCUT2D eigenvalue weighted by atomic mass is 10.2. The van der Waals surface area contributed by atoms with Crippen molar-refractivity contribution in [3.8, 4) is 5.88 Å². The van der Waals surface area contributed by atoms with E-state index in [9.17, 15) is 10.1 Å². The van der Waals surface area contributed by atoms with Gasteiger partial charge in [0, 0.05) is 13.0 Å². The first-order valence-corrected chi connectivity index (χ1v) is 7.31. The van der Waals surface area contributed by atoms with Crippen LogP contribution >= 0.6 is 0 Å². The van der Waals surface area contributed by atoms with Crippen LogP contribution in [0.4, 0.5) is 5.69 Å². The Bertz CT molecular complexity index is 692. The first-order valence-electron chi connectivity index (χ1n) is 7.31. The van der Waals surface area contributed by atoms with E-state index < -0.39 is 4.92 Å². The molecule has 2 aromatic heterocycles. The number of hydrogen-bond acceptors (Lipinski definition) is 6. The van der Waals surface area contributed by atoms with Crippen LogP contribution < -0.4 is 4.74 Å². The van der Waals surface area contributed by atoms with Gasteiger partial charge >= 0.3 is 11.6 Å². The normalized spacial score (nSPS) is 15.9. The highest BCUT2D eigenvalue weighted by Gasteiger charge is 2.26. The molecule has 0 fully saturated rings. The van der Waals surface area contributed by atoms with Gasteiger partial charge in [-0.1, -0.05) is 6.42 Å². The van der Waals surface area contributed by atoms with E-state index in [0.717, 1.165) is 37.5 Å². The monoisotopic (exact) mass is 306 g/mol. The molecule has 0 aliphatic carbocycles. The van der Waals surface area contributed by atoms with Crippen LogP contribution in [0.2, 0.25) is 0 Å². The Kier molecular flexibility index (Phi) is 3.78. The fourth-order valence-corrected chi connectivity index (χ4v) is 2.77. The first kappa shape index (κ1) is 14.5. The number of nitrogens with zero attached hydrogens (tertiary/aromatic N) is 6. The van der Waals surface area contributed by atoms with E-state index in [1.54, 1.807) is 0 Å². The van der Waals surface area contributed by atoms with Crippen molar-refractivity contribution in [2.75, 3.05) is 7.11 Å². The lowest BCUT2D eigenvalue weighted by Gasteiger charge is -2.13. The molecule has 22 heavy (non-hydrogen) atoms. The van der Waals surface area contributed by atoms with E-state index >= 15 is 0 Å². The third kappa shape index (κ3) is 2.42. The van der Waals surface area contributed by atoms with E-state index in [1.165, 1.54) is 24.4 Å². The van der Waals surface area contributed by atoms with Crippen molar-refractivity contribution in [1.29, 1.82) is 0 Å². The summed E-state index contributed by atoms with van der Waals surface area (Å²) in [6.45, 7) is 2.78. The molecule has 0 amide bonds. The number of fused-ring (bicyclic) bond motifs is 1. The largest absolute Gasteiger partial charge is 0.475 e. The molecular formula is C13H18N6O3. The summed E-state index contributed by atoms with van der Waals surface area (Å²) in [6, 6.07) is -0.248. The maximum Gasteiger partial charge on any atom is 0.350 e. The van der Waals surface area contributed by atoms with Crippen LogP contribution in [0.5, 0.6) is 5.88 Å². The molecule has 9 nitrogen and oxygen atoms in total. The van der Waals surface area contributed by atoms with Gasteiger partial charge in [0.05, 0.1) is 12.0 Å². The maximum atomic E-state index is 11.0. The molecule has 9 heteroatoms. The van der Waals surface area contributed by atoms with Gasteiger partial charge in [-0.05, 0) is 19.8 Å². The first-order chi connectivity index (χ1) is 10.6. The summed E-state index contributed by atoms with van der Waals surface area (Å²) >= 11 is 0. The summed E-state index contributed by atoms with van der Waals surface area (Å²) in [6.07, 6.45) is 5.68. The highest BCUT2D eigenvalue weighted by Crippen LogP contribution is 2.28. The minimum absolute atomic E-state index is 0.00690. The lowest BCUT2D eigenvalue weighted by molar-refractivity contribution is -0.385. The highest BCUT2D eigenvalue weighted by molar-refractivity contribution is 5.38. The van der Waals surface area contributed by atoms with Crippen molar-refractivity contribution in [2.24, 2.45) is 0 Å². The molecule has 0 spiro atoms. The van der Waals surface area contributed by atoms with Gasteiger partial charge in [0.1, 0.15) is 18.1 Å². The molecule has 118 valence electrons. The second-order valence-electron chi connectivity index (χ2n) is 5.37. The average molecular weight is 306 g/mol. The van der Waals surface area contributed by atoms with Crippen LogP contribution in [0.1, 0.15) is 43.9 Å². The Morgan fingerprint density at radius 3 is 2.86 bits per heavy atom. The van der Waals surface area contributed by atoms with Crippen LogP contribution in [0.3, 0.4) is 0 Å². The van der Waals surface area contributed by atoms with Gasteiger partial charge in [-0.25, -0.2) is 0 Å². The van der Waals surface area contributed by atoms with Gasteiger partial charge < -0.3 is 9.30 Å². The minimum Gasteiger partial charge on any atom is -0.475 e. The number of aromatic nitrogens is 5. The molecule has 0 aromatic carbocycles. The van der Waals surface area contributed by atoms with Crippen LogP contribution in [-0.4, -0.2) is 36.6 Å². The molecule has 0 unspecified atom stereocenters. The van der Waals surface area contributed by atoms with Gasteiger partial charge in [0.25, 0.3) is 0 Å². The minimum atomic E-state index is -0.501. The Balaban J connectivity index is 1.96. The van der Waals surface area contributed by atoms with E-state index in [1.807, 2.05) is 6.92 Å². The molecule has 0 radical (unpaired) electrons. The predicted molar refractivity (Wildman–Crippen MR) is 76.8 cm³/mol. The Morgan fingerprint density at radius 1 is 1.36 bits per heavy atom. The maximum absolute atomic E-state index is 11.0. The zero-order valence-electron chi connectivity index (χ0n) is 12.6. The van der Waals surface area contributed by atoms with Gasteiger partial charge in [-0.3, -0.25) is 14.8 Å². The van der Waals surface area contributed by atoms with Crippen LogP contribution in [0.15, 0.2) is 6.20 Å². The van der Waals surface area contributed by atoms with Gasteiger partial charge in [0.2, 0.25) is 0 Å². The highest BCUT2D eigenvalue weighted by atomic mass is 16.6. The molecule has 0 saturated heterocycles. The third-order valence-corrected chi connectivity index (χ3v) is 3.98. The number of rotatable bonds is 4. The van der Waals surface area contributed by atoms with Crippen molar-refractivity contribution in [2.45, 2.75) is 45.2 Å². The van der Waals surface area contributed by atoms with Crippen molar-refractivity contribution in [3.05, 3.63) is 28.0 Å². The molecule has 0 saturated carbocycles. The number of methoxy groups -OCH3 is 1. The molecule has 0 bridgehead atoms. The van der Waals surface area contributed by atoms with Crippen LogP contribution in [-0.2, 0) is 13.0 Å². The Morgan fingerprint density at radius 2 is 2.18 bits per heavy atom. The SMILES string of the molecule is COc1nn([C@@H](C)c2nnc3n2CCCCC3)cc1[N+](=O)[O-]. The van der Waals surface area contributed by atoms with E-state index in [-0.39, 0.29) is 17.6 Å². The molecule has 1 atom stereocenters. The molecule has 3 rings (SSSR count). The molecule has 1 aliphatic heterocycles. The van der Waals surface area contributed by atoms with Crippen molar-refractivity contribution in [1.82, 2.24) is 24.5 Å². The lowest BCUT2D eigenvalue weighted by Crippen LogP contribution is -2.15. The second-order valence-corrected chi connectivity index (χ2v) is 5.37. The quantitative estimate of drug-likeness (QED) is 0.629. The van der Waals surface area contributed by atoms with Crippen LogP contribution in [0.25, 0.3) is 0 Å². The zero-order chi connectivity index (χ0) is 15.7. The average Bonchev–Trinajstić information content (AvgIpc) is 3.05. The summed E-state index contributed by atoms with van der Waals surface area (Å²) in [5.74, 6) is 1.76. The number of nitro groups is 1. The fraction of sp³-hybridized carbons (Fsp3) is 0.615. The molecular weight excluding hydrogens is 288 g/mol. The summed E-state index contributed by atoms with van der Waals surface area (Å²) in [5, 5.41) is 23.7. The topological polar surface area (TPSA) is 101 Å².